The molecule has 2 heteroatoms. The Morgan fingerprint density at radius 2 is 2.00 bits per heavy atom. The van der Waals surface area contributed by atoms with Crippen molar-refractivity contribution in [3.8, 4) is 0 Å². The monoisotopic (exact) mass is 224 g/mol. The van der Waals surface area contributed by atoms with E-state index in [1.54, 1.807) is 0 Å². The van der Waals surface area contributed by atoms with Crippen LogP contribution in [-0.2, 0) is 0 Å². The van der Waals surface area contributed by atoms with Gasteiger partial charge < -0.3 is 5.32 Å². The summed E-state index contributed by atoms with van der Waals surface area (Å²) in [6.07, 6.45) is 11.3. The van der Waals surface area contributed by atoms with E-state index in [1.165, 1.54) is 71.0 Å². The second kappa shape index (κ2) is 6.61. The molecule has 94 valence electrons. The van der Waals surface area contributed by atoms with Crippen molar-refractivity contribution in [2.24, 2.45) is 0 Å². The highest BCUT2D eigenvalue weighted by atomic mass is 15.2. The molecular formula is C14H28N2. The molecule has 1 heterocycles. The molecule has 1 aliphatic carbocycles. The molecule has 2 aliphatic rings. The van der Waals surface area contributed by atoms with Crippen molar-refractivity contribution < 1.29 is 0 Å². The molecular weight excluding hydrogens is 196 g/mol. The van der Waals surface area contributed by atoms with Crippen molar-refractivity contribution in [3.63, 3.8) is 0 Å². The first-order chi connectivity index (χ1) is 7.90. The Morgan fingerprint density at radius 3 is 2.62 bits per heavy atom. The van der Waals surface area contributed by atoms with Crippen molar-refractivity contribution >= 4 is 0 Å². The maximum absolute atomic E-state index is 3.68. The molecule has 0 aromatic carbocycles. The maximum atomic E-state index is 3.68. The van der Waals surface area contributed by atoms with E-state index in [0.29, 0.717) is 0 Å². The molecule has 0 radical (unpaired) electrons. The fourth-order valence-corrected chi connectivity index (χ4v) is 2.79. The second-order valence-electron chi connectivity index (χ2n) is 5.58. The molecule has 2 fully saturated rings. The third-order valence-electron chi connectivity index (χ3n) is 3.98. The molecule has 0 aromatic rings. The Kier molecular flexibility index (Phi) is 5.11. The van der Waals surface area contributed by atoms with Gasteiger partial charge in [0, 0.05) is 18.6 Å². The van der Waals surface area contributed by atoms with Crippen molar-refractivity contribution in [1.82, 2.24) is 10.2 Å². The summed E-state index contributed by atoms with van der Waals surface area (Å²) in [5.74, 6) is 0. The smallest absolute Gasteiger partial charge is 0.0195 e. The third kappa shape index (κ3) is 4.06. The number of rotatable bonds is 7. The normalized spacial score (nSPS) is 26.2. The molecule has 1 atom stereocenters. The van der Waals surface area contributed by atoms with Crippen LogP contribution in [0.2, 0.25) is 0 Å². The number of hydrogen-bond donors (Lipinski definition) is 1. The summed E-state index contributed by atoms with van der Waals surface area (Å²) in [6, 6.07) is 1.73. The minimum Gasteiger partial charge on any atom is -0.313 e. The Hall–Kier alpha value is -0.0800. The van der Waals surface area contributed by atoms with Crippen LogP contribution >= 0.6 is 0 Å². The number of piperidine rings is 1. The van der Waals surface area contributed by atoms with Gasteiger partial charge in [0.1, 0.15) is 0 Å². The lowest BCUT2D eigenvalue weighted by Crippen LogP contribution is -2.44. The summed E-state index contributed by atoms with van der Waals surface area (Å²) >= 11 is 0. The highest BCUT2D eigenvalue weighted by Crippen LogP contribution is 2.27. The maximum Gasteiger partial charge on any atom is 0.0195 e. The minimum absolute atomic E-state index is 0.788. The molecule has 2 nitrogen and oxygen atoms in total. The van der Waals surface area contributed by atoms with Gasteiger partial charge in [0.2, 0.25) is 0 Å². The third-order valence-corrected chi connectivity index (χ3v) is 3.98. The Bertz CT molecular complexity index is 183. The van der Waals surface area contributed by atoms with E-state index in [0.717, 1.165) is 12.1 Å². The van der Waals surface area contributed by atoms with E-state index in [2.05, 4.69) is 17.1 Å². The summed E-state index contributed by atoms with van der Waals surface area (Å²) in [5.41, 5.74) is 0. The van der Waals surface area contributed by atoms with Gasteiger partial charge in [-0.25, -0.2) is 0 Å². The minimum atomic E-state index is 0.788. The zero-order chi connectivity index (χ0) is 11.2. The second-order valence-corrected chi connectivity index (χ2v) is 5.58. The van der Waals surface area contributed by atoms with E-state index in [4.69, 9.17) is 0 Å². The van der Waals surface area contributed by atoms with E-state index >= 15 is 0 Å². The molecule has 1 N–H and O–H groups in total. The van der Waals surface area contributed by atoms with E-state index in [9.17, 15) is 0 Å². The van der Waals surface area contributed by atoms with Gasteiger partial charge in [-0.3, -0.25) is 4.90 Å². The molecule has 0 bridgehead atoms. The Morgan fingerprint density at radius 1 is 1.12 bits per heavy atom. The van der Waals surface area contributed by atoms with Crippen molar-refractivity contribution in [1.29, 1.82) is 0 Å². The molecule has 2 rings (SSSR count). The molecule has 0 aromatic heterocycles. The van der Waals surface area contributed by atoms with E-state index < -0.39 is 0 Å². The largest absolute Gasteiger partial charge is 0.313 e. The predicted octanol–water partition coefficient (Wildman–Crippen LogP) is 2.78. The van der Waals surface area contributed by atoms with Crippen LogP contribution in [0.5, 0.6) is 0 Å². The topological polar surface area (TPSA) is 15.3 Å². The van der Waals surface area contributed by atoms with Crippen molar-refractivity contribution in [3.05, 3.63) is 0 Å². The van der Waals surface area contributed by atoms with Crippen LogP contribution in [0.15, 0.2) is 0 Å². The van der Waals surface area contributed by atoms with Gasteiger partial charge in [-0.15, -0.1) is 0 Å². The zero-order valence-electron chi connectivity index (χ0n) is 10.9. The number of hydrogen-bond acceptors (Lipinski definition) is 2. The Labute approximate surface area is 101 Å². The first kappa shape index (κ1) is 12.4. The van der Waals surface area contributed by atoms with Crippen LogP contribution in [0.25, 0.3) is 0 Å². The average Bonchev–Trinajstić information content (AvgIpc) is 3.13. The standard InChI is InChI=1S/C14H28N2/c1-2-3-6-11-16(14-8-9-14)12-13-7-4-5-10-15-13/h13-15H,2-12H2,1H3. The van der Waals surface area contributed by atoms with Gasteiger partial charge in [-0.05, 0) is 45.2 Å². The summed E-state index contributed by atoms with van der Waals surface area (Å²) in [7, 11) is 0. The molecule has 1 aliphatic heterocycles. The first-order valence-corrected chi connectivity index (χ1v) is 7.37. The highest BCUT2D eigenvalue weighted by Gasteiger charge is 2.30. The number of nitrogens with one attached hydrogen (secondary N) is 1. The summed E-state index contributed by atoms with van der Waals surface area (Å²) in [6.45, 7) is 6.20. The first-order valence-electron chi connectivity index (χ1n) is 7.37. The van der Waals surface area contributed by atoms with Crippen LogP contribution in [0.1, 0.15) is 58.3 Å². The van der Waals surface area contributed by atoms with Gasteiger partial charge in [0.25, 0.3) is 0 Å². The number of unbranched alkanes of at least 4 members (excludes halogenated alkanes) is 2. The van der Waals surface area contributed by atoms with Crippen molar-refractivity contribution in [2.75, 3.05) is 19.6 Å². The number of nitrogens with zero attached hydrogens (tertiary/aromatic N) is 1. The van der Waals surface area contributed by atoms with Crippen LogP contribution < -0.4 is 5.32 Å². The highest BCUT2D eigenvalue weighted by molar-refractivity contribution is 4.87. The SMILES string of the molecule is CCCCCN(CC1CCCCN1)C1CC1. The predicted molar refractivity (Wildman–Crippen MR) is 69.8 cm³/mol. The van der Waals surface area contributed by atoms with Gasteiger partial charge in [0.05, 0.1) is 0 Å². The summed E-state index contributed by atoms with van der Waals surface area (Å²) < 4.78 is 0. The fraction of sp³-hybridized carbons (Fsp3) is 1.00. The van der Waals surface area contributed by atoms with Crippen molar-refractivity contribution in [2.45, 2.75) is 70.4 Å². The molecule has 1 unspecified atom stereocenters. The lowest BCUT2D eigenvalue weighted by molar-refractivity contribution is 0.212. The molecule has 0 spiro atoms. The fourth-order valence-electron chi connectivity index (χ4n) is 2.79. The van der Waals surface area contributed by atoms with E-state index in [1.807, 2.05) is 0 Å². The van der Waals surface area contributed by atoms with Gasteiger partial charge in [0.15, 0.2) is 0 Å². The van der Waals surface area contributed by atoms with Crippen LogP contribution in [0.4, 0.5) is 0 Å². The van der Waals surface area contributed by atoms with E-state index in [-0.39, 0.29) is 0 Å². The summed E-state index contributed by atoms with van der Waals surface area (Å²) in [5, 5.41) is 3.68. The summed E-state index contributed by atoms with van der Waals surface area (Å²) in [4.78, 5) is 2.76. The van der Waals surface area contributed by atoms with Gasteiger partial charge in [-0.1, -0.05) is 26.2 Å². The quantitative estimate of drug-likeness (QED) is 0.669. The molecule has 0 amide bonds. The van der Waals surface area contributed by atoms with Crippen LogP contribution in [0, 0.1) is 0 Å². The van der Waals surface area contributed by atoms with Crippen LogP contribution in [-0.4, -0.2) is 36.6 Å². The van der Waals surface area contributed by atoms with Gasteiger partial charge in [-0.2, -0.15) is 0 Å². The lowest BCUT2D eigenvalue weighted by atomic mass is 10.0. The molecule has 1 saturated heterocycles. The average molecular weight is 224 g/mol. The lowest BCUT2D eigenvalue weighted by Gasteiger charge is -2.30. The zero-order valence-corrected chi connectivity index (χ0v) is 10.9. The van der Waals surface area contributed by atoms with Crippen LogP contribution in [0.3, 0.4) is 0 Å². The molecule has 16 heavy (non-hydrogen) atoms. The Balaban J connectivity index is 1.68. The van der Waals surface area contributed by atoms with Gasteiger partial charge >= 0.3 is 0 Å². The molecule has 1 saturated carbocycles.